The third-order valence-corrected chi connectivity index (χ3v) is 9.24. The number of amides is 1. The third kappa shape index (κ3) is 35.4. The van der Waals surface area contributed by atoms with Crippen LogP contribution in [0.4, 0.5) is 0 Å². The first kappa shape index (κ1) is 45.3. The second-order valence-corrected chi connectivity index (χ2v) is 14.7. The molecule has 0 spiro atoms. The lowest BCUT2D eigenvalue weighted by atomic mass is 10.1. The summed E-state index contributed by atoms with van der Waals surface area (Å²) in [5.74, 6) is -1.02. The van der Waals surface area contributed by atoms with E-state index in [9.17, 15) is 22.9 Å². The highest BCUT2D eigenvalue weighted by molar-refractivity contribution is 7.85. The van der Waals surface area contributed by atoms with Crippen molar-refractivity contribution in [3.05, 3.63) is 48.6 Å². The van der Waals surface area contributed by atoms with E-state index in [1.165, 1.54) is 102 Å². The van der Waals surface area contributed by atoms with E-state index < -0.39 is 28.0 Å². The van der Waals surface area contributed by atoms with Gasteiger partial charge in [-0.1, -0.05) is 152 Å². The van der Waals surface area contributed by atoms with Crippen molar-refractivity contribution >= 4 is 16.0 Å². The average Bonchev–Trinajstić information content (AvgIpc) is 3.03. The van der Waals surface area contributed by atoms with Gasteiger partial charge in [0, 0.05) is 6.42 Å². The van der Waals surface area contributed by atoms with Gasteiger partial charge in [-0.3, -0.25) is 9.35 Å². The monoisotopic (exact) mass is 680 g/mol. The Labute approximate surface area is 290 Å². The zero-order valence-electron chi connectivity index (χ0n) is 30.4. The highest BCUT2D eigenvalue weighted by Crippen LogP contribution is 2.12. The normalized spacial score (nSPS) is 13.9. The highest BCUT2D eigenvalue weighted by Gasteiger charge is 2.24. The van der Waals surface area contributed by atoms with Crippen LogP contribution in [0, 0.1) is 0 Å². The summed E-state index contributed by atoms with van der Waals surface area (Å²) in [6, 6.07) is -1.08. The number of aliphatic hydroxyl groups excluding tert-OH is 1. The van der Waals surface area contributed by atoms with Crippen molar-refractivity contribution in [1.82, 2.24) is 5.32 Å². The summed E-state index contributed by atoms with van der Waals surface area (Å²) in [6.45, 7) is 4.49. The van der Waals surface area contributed by atoms with Gasteiger partial charge in [0.2, 0.25) is 5.91 Å². The first-order valence-corrected chi connectivity index (χ1v) is 20.9. The lowest BCUT2D eigenvalue weighted by Gasteiger charge is -2.21. The molecule has 0 heterocycles. The number of aliphatic hydroxyl groups is 1. The van der Waals surface area contributed by atoms with Crippen LogP contribution in [0.3, 0.4) is 0 Å². The summed E-state index contributed by atoms with van der Waals surface area (Å²) < 4.78 is 32.4. The minimum Gasteiger partial charge on any atom is -0.387 e. The maximum atomic E-state index is 12.5. The zero-order valence-corrected chi connectivity index (χ0v) is 31.2. The van der Waals surface area contributed by atoms with Gasteiger partial charge < -0.3 is 10.4 Å². The van der Waals surface area contributed by atoms with Crippen LogP contribution in [0.15, 0.2) is 48.6 Å². The third-order valence-electron chi connectivity index (χ3n) is 8.46. The summed E-state index contributed by atoms with van der Waals surface area (Å²) in [6.07, 6.45) is 45.2. The smallest absolute Gasteiger partial charge is 0.267 e. The largest absolute Gasteiger partial charge is 0.387 e. The Morgan fingerprint density at radius 1 is 0.553 bits per heavy atom. The minimum absolute atomic E-state index is 0.279. The Bertz CT molecular complexity index is 925. The van der Waals surface area contributed by atoms with Gasteiger partial charge in [-0.05, 0) is 70.6 Å². The molecule has 274 valence electrons. The van der Waals surface area contributed by atoms with Gasteiger partial charge in [0.25, 0.3) is 10.1 Å². The molecule has 0 fully saturated rings. The fourth-order valence-electron chi connectivity index (χ4n) is 5.53. The quantitative estimate of drug-likeness (QED) is 0.0357. The lowest BCUT2D eigenvalue weighted by molar-refractivity contribution is -0.122. The lowest BCUT2D eigenvalue weighted by Crippen LogP contribution is -2.46. The van der Waals surface area contributed by atoms with Gasteiger partial charge in [-0.2, -0.15) is 8.42 Å². The van der Waals surface area contributed by atoms with E-state index in [1.54, 1.807) is 6.08 Å². The van der Waals surface area contributed by atoms with Crippen LogP contribution in [-0.4, -0.2) is 41.9 Å². The first-order chi connectivity index (χ1) is 22.8. The van der Waals surface area contributed by atoms with Crippen LogP contribution < -0.4 is 5.32 Å². The van der Waals surface area contributed by atoms with Gasteiger partial charge in [0.05, 0.1) is 17.9 Å². The van der Waals surface area contributed by atoms with E-state index in [2.05, 4.69) is 55.6 Å². The van der Waals surface area contributed by atoms with Gasteiger partial charge in [-0.15, -0.1) is 0 Å². The second-order valence-electron chi connectivity index (χ2n) is 13.2. The maximum absolute atomic E-state index is 12.5. The maximum Gasteiger partial charge on any atom is 0.267 e. The standard InChI is InChI=1S/C40H73NO5S/c1-3-5-7-9-11-13-15-17-19-20-22-24-26-28-30-32-34-36-40(43)41-38(37-47(44,45)46)39(42)35-33-31-29-27-25-23-21-18-16-14-12-10-8-6-4-2/h16-19,25,27,33,35,38-39,42H,3-15,20-24,26,28-32,34,36-37H2,1-2H3,(H,41,43)(H,44,45,46)/b18-16+,19-17-,27-25+,35-33+. The summed E-state index contributed by atoms with van der Waals surface area (Å²) in [5, 5.41) is 13.2. The first-order valence-electron chi connectivity index (χ1n) is 19.3. The van der Waals surface area contributed by atoms with Crippen LogP contribution in [0.1, 0.15) is 181 Å². The summed E-state index contributed by atoms with van der Waals surface area (Å²) in [7, 11) is -4.36. The molecule has 3 N–H and O–H groups in total. The summed E-state index contributed by atoms with van der Waals surface area (Å²) in [5.41, 5.74) is 0. The number of nitrogens with one attached hydrogen (secondary N) is 1. The van der Waals surface area contributed by atoms with Crippen LogP contribution >= 0.6 is 0 Å². The minimum atomic E-state index is -4.36. The Balaban J connectivity index is 4.04. The van der Waals surface area contributed by atoms with Crippen molar-refractivity contribution in [2.75, 3.05) is 5.75 Å². The molecular formula is C40H73NO5S. The van der Waals surface area contributed by atoms with Crippen molar-refractivity contribution < 1.29 is 22.9 Å². The fourth-order valence-corrected chi connectivity index (χ4v) is 6.27. The van der Waals surface area contributed by atoms with Crippen molar-refractivity contribution in [3.8, 4) is 0 Å². The molecule has 47 heavy (non-hydrogen) atoms. The Morgan fingerprint density at radius 2 is 0.915 bits per heavy atom. The molecule has 2 atom stereocenters. The number of hydrogen-bond donors (Lipinski definition) is 3. The van der Waals surface area contributed by atoms with Gasteiger partial charge >= 0.3 is 0 Å². The zero-order chi connectivity index (χ0) is 34.7. The molecule has 6 nitrogen and oxygen atoms in total. The molecular weight excluding hydrogens is 607 g/mol. The van der Waals surface area contributed by atoms with Gasteiger partial charge in [0.15, 0.2) is 0 Å². The molecule has 0 bridgehead atoms. The highest BCUT2D eigenvalue weighted by atomic mass is 32.2. The van der Waals surface area contributed by atoms with E-state index in [1.807, 2.05) is 0 Å². The molecule has 7 heteroatoms. The molecule has 0 aliphatic carbocycles. The molecule has 0 aliphatic rings. The topological polar surface area (TPSA) is 104 Å². The average molecular weight is 680 g/mol. The fraction of sp³-hybridized carbons (Fsp3) is 0.775. The molecule has 0 rings (SSSR count). The SMILES string of the molecule is CCCCCCC/C=C/CC/C=C/CC/C=C/C(O)C(CS(=O)(=O)O)NC(=O)CCCCCCCCC/C=C\CCCCCCCC. The van der Waals surface area contributed by atoms with Crippen LogP contribution in [0.2, 0.25) is 0 Å². The molecule has 0 aliphatic heterocycles. The number of carbonyl (C=O) groups excluding carboxylic acids is 1. The van der Waals surface area contributed by atoms with Crippen molar-refractivity contribution in [2.24, 2.45) is 0 Å². The van der Waals surface area contributed by atoms with Crippen molar-refractivity contribution in [3.63, 3.8) is 0 Å². The number of rotatable bonds is 34. The molecule has 1 amide bonds. The van der Waals surface area contributed by atoms with E-state index in [0.717, 1.165) is 57.8 Å². The number of carbonyl (C=O) groups is 1. The van der Waals surface area contributed by atoms with E-state index in [-0.39, 0.29) is 12.3 Å². The predicted octanol–water partition coefficient (Wildman–Crippen LogP) is 11.1. The Kier molecular flexibility index (Phi) is 32.9. The van der Waals surface area contributed by atoms with Gasteiger partial charge in [0.1, 0.15) is 0 Å². The van der Waals surface area contributed by atoms with Crippen molar-refractivity contribution in [1.29, 1.82) is 0 Å². The van der Waals surface area contributed by atoms with Crippen molar-refractivity contribution in [2.45, 2.75) is 193 Å². The van der Waals surface area contributed by atoms with E-state index in [4.69, 9.17) is 0 Å². The Morgan fingerprint density at radius 3 is 1.34 bits per heavy atom. The number of unbranched alkanes of at least 4 members (excludes halogenated alkanes) is 20. The van der Waals surface area contributed by atoms with E-state index in [0.29, 0.717) is 6.42 Å². The molecule has 0 aromatic heterocycles. The van der Waals surface area contributed by atoms with Crippen LogP contribution in [0.25, 0.3) is 0 Å². The molecule has 0 radical (unpaired) electrons. The summed E-state index contributed by atoms with van der Waals surface area (Å²) in [4.78, 5) is 12.5. The predicted molar refractivity (Wildman–Crippen MR) is 202 cm³/mol. The molecule has 0 saturated heterocycles. The Hall–Kier alpha value is -1.70. The van der Waals surface area contributed by atoms with Crippen LogP contribution in [-0.2, 0) is 14.9 Å². The van der Waals surface area contributed by atoms with Crippen LogP contribution in [0.5, 0.6) is 0 Å². The number of hydrogen-bond acceptors (Lipinski definition) is 4. The van der Waals surface area contributed by atoms with E-state index >= 15 is 0 Å². The molecule has 0 aromatic rings. The summed E-state index contributed by atoms with van der Waals surface area (Å²) >= 11 is 0. The number of allylic oxidation sites excluding steroid dienone is 7. The second kappa shape index (κ2) is 34.2. The molecule has 0 saturated carbocycles. The molecule has 2 unspecified atom stereocenters. The molecule has 0 aromatic carbocycles. The van der Waals surface area contributed by atoms with Gasteiger partial charge in [-0.25, -0.2) is 0 Å².